The molecule has 4 rings (SSSR count). The minimum atomic E-state index is -0.491. The molecule has 0 fully saturated rings. The molecule has 0 atom stereocenters. The Balaban J connectivity index is 1.82. The van der Waals surface area contributed by atoms with E-state index in [4.69, 9.17) is 4.42 Å². The first-order valence-corrected chi connectivity index (χ1v) is 11.3. The van der Waals surface area contributed by atoms with Crippen LogP contribution in [0.15, 0.2) is 80.1 Å². The van der Waals surface area contributed by atoms with E-state index in [0.29, 0.717) is 27.9 Å². The number of anilines is 2. The summed E-state index contributed by atoms with van der Waals surface area (Å²) in [6.07, 6.45) is 0. The molecule has 0 aliphatic heterocycles. The summed E-state index contributed by atoms with van der Waals surface area (Å²) in [6.45, 7) is 9.39. The van der Waals surface area contributed by atoms with Crippen LogP contribution in [0.5, 0.6) is 5.75 Å². The standard InChI is InChI=1S/C28H28N4O3/c1-16-8-6-10-21(12-16)31-29-19(4)24-15-23-18(3)14-25(33)35-28(23)26(27(24)34)20(5)30-32-22-11-7-9-17(2)13-22/h6-15,31-32,34H,1-5H3/b29-19+,30-20+. The number of phenolic OH excluding ortho intramolecular Hbond substituents is 1. The monoisotopic (exact) mass is 468 g/mol. The molecular weight excluding hydrogens is 440 g/mol. The van der Waals surface area contributed by atoms with Gasteiger partial charge in [-0.05, 0) is 81.6 Å². The number of benzene rings is 3. The molecule has 178 valence electrons. The molecule has 3 aromatic carbocycles. The molecule has 7 nitrogen and oxygen atoms in total. The topological polar surface area (TPSA) is 99.2 Å². The molecule has 1 heterocycles. The van der Waals surface area contributed by atoms with Crippen molar-refractivity contribution in [2.24, 2.45) is 10.2 Å². The molecule has 3 N–H and O–H groups in total. The molecule has 35 heavy (non-hydrogen) atoms. The quantitative estimate of drug-likeness (QED) is 0.180. The first kappa shape index (κ1) is 23.8. The van der Waals surface area contributed by atoms with Crippen LogP contribution in [0.3, 0.4) is 0 Å². The molecule has 4 aromatic rings. The molecule has 0 unspecified atom stereocenters. The number of rotatable bonds is 6. The summed E-state index contributed by atoms with van der Waals surface area (Å²) in [5, 5.41) is 21.0. The molecule has 0 saturated heterocycles. The van der Waals surface area contributed by atoms with Crippen molar-refractivity contribution in [3.63, 3.8) is 0 Å². The van der Waals surface area contributed by atoms with E-state index >= 15 is 0 Å². The maximum atomic E-state index is 12.2. The molecule has 0 spiro atoms. The molecule has 0 aliphatic rings. The van der Waals surface area contributed by atoms with Gasteiger partial charge in [0.15, 0.2) is 5.58 Å². The van der Waals surface area contributed by atoms with Gasteiger partial charge in [-0.15, -0.1) is 0 Å². The lowest BCUT2D eigenvalue weighted by Crippen LogP contribution is -2.09. The Bertz CT molecular complexity index is 1530. The Labute approximate surface area is 203 Å². The fourth-order valence-corrected chi connectivity index (χ4v) is 3.89. The molecule has 0 radical (unpaired) electrons. The molecule has 1 aromatic heterocycles. The van der Waals surface area contributed by atoms with Gasteiger partial charge < -0.3 is 9.52 Å². The maximum absolute atomic E-state index is 12.2. The predicted octanol–water partition coefficient (Wildman–Crippen LogP) is 6.10. The number of aryl methyl sites for hydroxylation is 3. The average Bonchev–Trinajstić information content (AvgIpc) is 2.81. The number of aromatic hydroxyl groups is 1. The van der Waals surface area contributed by atoms with Crippen LogP contribution in [-0.2, 0) is 0 Å². The van der Waals surface area contributed by atoms with Crippen LogP contribution in [0.2, 0.25) is 0 Å². The van der Waals surface area contributed by atoms with E-state index < -0.39 is 5.63 Å². The summed E-state index contributed by atoms with van der Waals surface area (Å²) < 4.78 is 5.54. The van der Waals surface area contributed by atoms with Gasteiger partial charge in [0.25, 0.3) is 0 Å². The predicted molar refractivity (Wildman–Crippen MR) is 143 cm³/mol. The number of fused-ring (bicyclic) bond motifs is 1. The first-order chi connectivity index (χ1) is 16.7. The number of nitrogens with zero attached hydrogens (tertiary/aromatic N) is 2. The average molecular weight is 469 g/mol. The minimum absolute atomic E-state index is 0.0640. The van der Waals surface area contributed by atoms with Crippen molar-refractivity contribution in [3.05, 3.63) is 98.9 Å². The summed E-state index contributed by atoms with van der Waals surface area (Å²) in [7, 11) is 0. The van der Waals surface area contributed by atoms with E-state index in [2.05, 4.69) is 21.1 Å². The van der Waals surface area contributed by atoms with Crippen molar-refractivity contribution in [3.8, 4) is 5.75 Å². The minimum Gasteiger partial charge on any atom is -0.506 e. The number of phenols is 1. The number of hydrazone groups is 2. The first-order valence-electron chi connectivity index (χ1n) is 11.3. The fourth-order valence-electron chi connectivity index (χ4n) is 3.89. The Hall–Kier alpha value is -4.39. The largest absolute Gasteiger partial charge is 0.506 e. The Kier molecular flexibility index (Phi) is 6.68. The van der Waals surface area contributed by atoms with Crippen LogP contribution in [0.4, 0.5) is 11.4 Å². The zero-order valence-electron chi connectivity index (χ0n) is 20.4. The summed E-state index contributed by atoms with van der Waals surface area (Å²) in [5.74, 6) is -0.0640. The highest BCUT2D eigenvalue weighted by molar-refractivity contribution is 6.15. The summed E-state index contributed by atoms with van der Waals surface area (Å²) in [5.41, 5.74) is 12.3. The third-order valence-corrected chi connectivity index (χ3v) is 5.71. The second-order valence-corrected chi connectivity index (χ2v) is 8.63. The zero-order chi connectivity index (χ0) is 25.1. The number of hydrogen-bond donors (Lipinski definition) is 3. The zero-order valence-corrected chi connectivity index (χ0v) is 20.4. The van der Waals surface area contributed by atoms with Crippen LogP contribution >= 0.6 is 0 Å². The van der Waals surface area contributed by atoms with Crippen molar-refractivity contribution in [2.75, 3.05) is 10.9 Å². The molecule has 7 heteroatoms. The van der Waals surface area contributed by atoms with Crippen molar-refractivity contribution in [2.45, 2.75) is 34.6 Å². The smallest absolute Gasteiger partial charge is 0.336 e. The number of nitrogens with one attached hydrogen (secondary N) is 2. The summed E-state index contributed by atoms with van der Waals surface area (Å²) in [6, 6.07) is 18.9. The molecule has 0 bridgehead atoms. The van der Waals surface area contributed by atoms with E-state index in [-0.39, 0.29) is 11.3 Å². The SMILES string of the molecule is C/C(=N\Nc1cccc(C)c1)c1cc2c(C)cc(=O)oc2c(/C(C)=N/Nc2cccc(C)c2)c1O. The lowest BCUT2D eigenvalue weighted by molar-refractivity contribution is 0.470. The van der Waals surface area contributed by atoms with Crippen LogP contribution in [0, 0.1) is 20.8 Å². The Morgan fingerprint density at radius 2 is 1.40 bits per heavy atom. The fraction of sp³-hybridized carbons (Fsp3) is 0.179. The Morgan fingerprint density at radius 3 is 1.97 bits per heavy atom. The summed E-state index contributed by atoms with van der Waals surface area (Å²) in [4.78, 5) is 12.2. The second kappa shape index (κ2) is 9.85. The van der Waals surface area contributed by atoms with Crippen LogP contribution in [0.1, 0.15) is 41.7 Å². The van der Waals surface area contributed by atoms with E-state index in [1.54, 1.807) is 19.9 Å². The van der Waals surface area contributed by atoms with Gasteiger partial charge in [0.2, 0.25) is 0 Å². The van der Waals surface area contributed by atoms with Gasteiger partial charge in [-0.1, -0.05) is 24.3 Å². The van der Waals surface area contributed by atoms with Crippen molar-refractivity contribution < 1.29 is 9.52 Å². The molecular formula is C28H28N4O3. The Morgan fingerprint density at radius 1 is 0.829 bits per heavy atom. The van der Waals surface area contributed by atoms with Gasteiger partial charge in [-0.2, -0.15) is 10.2 Å². The van der Waals surface area contributed by atoms with Crippen LogP contribution in [0.25, 0.3) is 11.0 Å². The summed E-state index contributed by atoms with van der Waals surface area (Å²) >= 11 is 0. The highest BCUT2D eigenvalue weighted by atomic mass is 16.4. The van der Waals surface area contributed by atoms with E-state index in [0.717, 1.165) is 28.1 Å². The van der Waals surface area contributed by atoms with Gasteiger partial charge >= 0.3 is 5.63 Å². The van der Waals surface area contributed by atoms with E-state index in [1.165, 1.54) is 6.07 Å². The normalized spacial score (nSPS) is 12.1. The molecule has 0 aliphatic carbocycles. The van der Waals surface area contributed by atoms with E-state index in [9.17, 15) is 9.90 Å². The highest BCUT2D eigenvalue weighted by Gasteiger charge is 2.21. The maximum Gasteiger partial charge on any atom is 0.336 e. The van der Waals surface area contributed by atoms with Crippen molar-refractivity contribution >= 4 is 33.8 Å². The third-order valence-electron chi connectivity index (χ3n) is 5.71. The van der Waals surface area contributed by atoms with Crippen LogP contribution in [-0.4, -0.2) is 16.5 Å². The lowest BCUT2D eigenvalue weighted by Gasteiger charge is -2.14. The van der Waals surface area contributed by atoms with Gasteiger partial charge in [-0.25, -0.2) is 4.79 Å². The van der Waals surface area contributed by atoms with Crippen molar-refractivity contribution in [1.82, 2.24) is 0 Å². The van der Waals surface area contributed by atoms with Crippen LogP contribution < -0.4 is 16.5 Å². The third kappa shape index (κ3) is 5.24. The van der Waals surface area contributed by atoms with Gasteiger partial charge in [0, 0.05) is 17.0 Å². The highest BCUT2D eigenvalue weighted by Crippen LogP contribution is 2.33. The molecule has 0 saturated carbocycles. The number of hydrogen-bond acceptors (Lipinski definition) is 7. The molecule has 0 amide bonds. The van der Waals surface area contributed by atoms with Gasteiger partial charge in [0.05, 0.1) is 28.4 Å². The second-order valence-electron chi connectivity index (χ2n) is 8.63. The van der Waals surface area contributed by atoms with Gasteiger partial charge in [-0.3, -0.25) is 10.9 Å². The lowest BCUT2D eigenvalue weighted by atomic mass is 9.97. The van der Waals surface area contributed by atoms with Gasteiger partial charge in [0.1, 0.15) is 5.75 Å². The van der Waals surface area contributed by atoms with Crippen molar-refractivity contribution in [1.29, 1.82) is 0 Å². The van der Waals surface area contributed by atoms with E-state index in [1.807, 2.05) is 69.3 Å².